The van der Waals surface area contributed by atoms with Crippen molar-refractivity contribution in [3.8, 4) is 5.88 Å². The summed E-state index contributed by atoms with van der Waals surface area (Å²) >= 11 is 1.51. The molecule has 0 bridgehead atoms. The summed E-state index contributed by atoms with van der Waals surface area (Å²) in [7, 11) is 0. The first-order valence-electron chi connectivity index (χ1n) is 6.11. The number of nitrogens with one attached hydrogen (secondary N) is 1. The minimum absolute atomic E-state index is 0. The molecule has 0 amide bonds. The molecule has 1 aromatic carbocycles. The van der Waals surface area contributed by atoms with E-state index in [2.05, 4.69) is 21.8 Å². The van der Waals surface area contributed by atoms with E-state index in [0.717, 1.165) is 31.0 Å². The van der Waals surface area contributed by atoms with Gasteiger partial charge in [-0.1, -0.05) is 12.1 Å². The van der Waals surface area contributed by atoms with Crippen molar-refractivity contribution in [1.29, 1.82) is 0 Å². The molecule has 3 rings (SSSR count). The zero-order chi connectivity index (χ0) is 11.5. The van der Waals surface area contributed by atoms with Crippen LogP contribution in [0.2, 0.25) is 0 Å². The molecule has 2 aromatic rings. The van der Waals surface area contributed by atoms with E-state index in [1.807, 2.05) is 12.1 Å². The lowest BCUT2D eigenvalue weighted by Gasteiger charge is -2.22. The molecule has 5 heteroatoms. The molecule has 0 atom stereocenters. The number of nitrogens with zero attached hydrogens (tertiary/aromatic N) is 1. The summed E-state index contributed by atoms with van der Waals surface area (Å²) in [4.78, 5) is 0. The van der Waals surface area contributed by atoms with Crippen LogP contribution in [0, 0.1) is 5.92 Å². The van der Waals surface area contributed by atoms with Gasteiger partial charge >= 0.3 is 0 Å². The van der Waals surface area contributed by atoms with E-state index >= 15 is 0 Å². The Bertz CT molecular complexity index is 496. The average Bonchev–Trinajstić information content (AvgIpc) is 2.81. The van der Waals surface area contributed by atoms with Crippen LogP contribution in [0.3, 0.4) is 0 Å². The van der Waals surface area contributed by atoms with Crippen molar-refractivity contribution in [3.63, 3.8) is 0 Å². The van der Waals surface area contributed by atoms with Crippen LogP contribution in [0.25, 0.3) is 10.1 Å². The van der Waals surface area contributed by atoms with Crippen LogP contribution in [-0.4, -0.2) is 24.1 Å². The number of ether oxygens (including phenoxy) is 1. The molecule has 0 radical (unpaired) electrons. The molecule has 0 spiro atoms. The molecule has 0 aliphatic carbocycles. The Labute approximate surface area is 117 Å². The van der Waals surface area contributed by atoms with Crippen LogP contribution in [0.5, 0.6) is 5.88 Å². The van der Waals surface area contributed by atoms with Crippen molar-refractivity contribution in [2.75, 3.05) is 19.7 Å². The third kappa shape index (κ3) is 2.94. The molecule has 1 saturated heterocycles. The van der Waals surface area contributed by atoms with E-state index < -0.39 is 0 Å². The molecule has 0 saturated carbocycles. The lowest BCUT2D eigenvalue weighted by molar-refractivity contribution is 0.212. The molecule has 1 N–H and O–H groups in total. The molecule has 98 valence electrons. The summed E-state index contributed by atoms with van der Waals surface area (Å²) in [6.45, 7) is 3.03. The van der Waals surface area contributed by atoms with Crippen molar-refractivity contribution < 1.29 is 4.74 Å². The molecule has 3 nitrogen and oxygen atoms in total. The van der Waals surface area contributed by atoms with Crippen LogP contribution < -0.4 is 10.1 Å². The van der Waals surface area contributed by atoms with E-state index in [4.69, 9.17) is 4.74 Å². The van der Waals surface area contributed by atoms with Gasteiger partial charge in [0.2, 0.25) is 5.88 Å². The molecule has 1 fully saturated rings. The molecule has 1 aliphatic heterocycles. The Morgan fingerprint density at radius 3 is 2.89 bits per heavy atom. The van der Waals surface area contributed by atoms with E-state index in [9.17, 15) is 0 Å². The SMILES string of the molecule is Cl.c1ccc2c(OCC3CCNCC3)nsc2c1. The van der Waals surface area contributed by atoms with Crippen LogP contribution in [0.4, 0.5) is 0 Å². The first kappa shape index (κ1) is 13.6. The largest absolute Gasteiger partial charge is 0.476 e. The fourth-order valence-electron chi connectivity index (χ4n) is 2.21. The van der Waals surface area contributed by atoms with Crippen molar-refractivity contribution in [2.24, 2.45) is 5.92 Å². The molecular weight excluding hydrogens is 268 g/mol. The fraction of sp³-hybridized carbons (Fsp3) is 0.462. The predicted octanol–water partition coefficient (Wildman–Crippen LogP) is 3.10. The minimum Gasteiger partial charge on any atom is -0.476 e. The van der Waals surface area contributed by atoms with Crippen molar-refractivity contribution in [3.05, 3.63) is 24.3 Å². The van der Waals surface area contributed by atoms with Gasteiger partial charge in [-0.25, -0.2) is 0 Å². The van der Waals surface area contributed by atoms with E-state index in [-0.39, 0.29) is 12.4 Å². The topological polar surface area (TPSA) is 34.1 Å². The van der Waals surface area contributed by atoms with Crippen molar-refractivity contribution in [1.82, 2.24) is 9.69 Å². The van der Waals surface area contributed by atoms with E-state index in [1.54, 1.807) is 0 Å². The standard InChI is InChI=1S/C13H16N2OS.ClH/c1-2-4-12-11(3-1)13(15-17-12)16-9-10-5-7-14-8-6-10;/h1-4,10,14H,5-9H2;1H. The van der Waals surface area contributed by atoms with Gasteiger partial charge in [0, 0.05) is 0 Å². The Kier molecular flexibility index (Phi) is 4.80. The number of piperidine rings is 1. The van der Waals surface area contributed by atoms with Gasteiger partial charge in [-0.15, -0.1) is 12.4 Å². The lowest BCUT2D eigenvalue weighted by atomic mass is 9.99. The number of hydrogen-bond acceptors (Lipinski definition) is 4. The van der Waals surface area contributed by atoms with Crippen LogP contribution in [-0.2, 0) is 0 Å². The molecule has 1 aromatic heterocycles. The maximum absolute atomic E-state index is 5.87. The monoisotopic (exact) mass is 284 g/mol. The summed E-state index contributed by atoms with van der Waals surface area (Å²) in [6, 6.07) is 8.24. The molecule has 18 heavy (non-hydrogen) atoms. The Hall–Kier alpha value is -0.840. The zero-order valence-electron chi connectivity index (χ0n) is 10.1. The average molecular weight is 285 g/mol. The highest BCUT2D eigenvalue weighted by molar-refractivity contribution is 7.13. The molecular formula is C13H17ClN2OS. The maximum atomic E-state index is 5.87. The van der Waals surface area contributed by atoms with Gasteiger partial charge in [0.15, 0.2) is 0 Å². The number of hydrogen-bond donors (Lipinski definition) is 1. The molecule has 1 aliphatic rings. The predicted molar refractivity (Wildman–Crippen MR) is 78.0 cm³/mol. The normalized spacial score (nSPS) is 16.4. The summed E-state index contributed by atoms with van der Waals surface area (Å²) < 4.78 is 11.5. The summed E-state index contributed by atoms with van der Waals surface area (Å²) in [5, 5.41) is 4.51. The van der Waals surface area contributed by atoms with Crippen LogP contribution >= 0.6 is 23.9 Å². The van der Waals surface area contributed by atoms with Gasteiger partial charge in [-0.2, -0.15) is 4.37 Å². The van der Waals surface area contributed by atoms with Gasteiger partial charge in [0.05, 0.1) is 16.7 Å². The van der Waals surface area contributed by atoms with Crippen LogP contribution in [0.1, 0.15) is 12.8 Å². The maximum Gasteiger partial charge on any atom is 0.233 e. The van der Waals surface area contributed by atoms with Crippen molar-refractivity contribution in [2.45, 2.75) is 12.8 Å². The Morgan fingerprint density at radius 2 is 2.06 bits per heavy atom. The third-order valence-corrected chi connectivity index (χ3v) is 4.07. The number of aromatic nitrogens is 1. The second kappa shape index (κ2) is 6.36. The van der Waals surface area contributed by atoms with Gasteiger partial charge in [-0.05, 0) is 55.5 Å². The van der Waals surface area contributed by atoms with Gasteiger partial charge in [-0.3, -0.25) is 0 Å². The molecule has 0 unspecified atom stereocenters. The van der Waals surface area contributed by atoms with Crippen LogP contribution in [0.15, 0.2) is 24.3 Å². The highest BCUT2D eigenvalue weighted by atomic mass is 35.5. The first-order chi connectivity index (χ1) is 8.43. The molecule has 2 heterocycles. The first-order valence-corrected chi connectivity index (χ1v) is 6.89. The Balaban J connectivity index is 0.00000120. The highest BCUT2D eigenvalue weighted by Crippen LogP contribution is 2.28. The minimum atomic E-state index is 0. The zero-order valence-corrected chi connectivity index (χ0v) is 11.7. The number of fused-ring (bicyclic) bond motifs is 1. The highest BCUT2D eigenvalue weighted by Gasteiger charge is 2.15. The lowest BCUT2D eigenvalue weighted by Crippen LogP contribution is -2.30. The van der Waals surface area contributed by atoms with Gasteiger partial charge in [0.25, 0.3) is 0 Å². The van der Waals surface area contributed by atoms with E-state index in [1.165, 1.54) is 29.1 Å². The number of benzene rings is 1. The van der Waals surface area contributed by atoms with Gasteiger partial charge in [0.1, 0.15) is 0 Å². The van der Waals surface area contributed by atoms with E-state index in [0.29, 0.717) is 5.92 Å². The summed E-state index contributed by atoms with van der Waals surface area (Å²) in [5.41, 5.74) is 0. The number of halogens is 1. The second-order valence-electron chi connectivity index (χ2n) is 4.49. The van der Waals surface area contributed by atoms with Crippen molar-refractivity contribution >= 4 is 34.0 Å². The Morgan fingerprint density at radius 1 is 1.28 bits per heavy atom. The second-order valence-corrected chi connectivity index (χ2v) is 5.29. The number of rotatable bonds is 3. The summed E-state index contributed by atoms with van der Waals surface area (Å²) in [6.07, 6.45) is 2.42. The smallest absolute Gasteiger partial charge is 0.233 e. The third-order valence-electron chi connectivity index (χ3n) is 3.26. The summed E-state index contributed by atoms with van der Waals surface area (Å²) in [5.74, 6) is 1.49. The quantitative estimate of drug-likeness (QED) is 0.940. The fourth-order valence-corrected chi connectivity index (χ4v) is 2.94. The van der Waals surface area contributed by atoms with Gasteiger partial charge < -0.3 is 10.1 Å².